The molecule has 0 bridgehead atoms. The van der Waals surface area contributed by atoms with Gasteiger partial charge in [-0.25, -0.2) is 0 Å². The van der Waals surface area contributed by atoms with Crippen LogP contribution >= 0.6 is 12.4 Å². The van der Waals surface area contributed by atoms with Crippen LogP contribution in [0.2, 0.25) is 0 Å². The Morgan fingerprint density at radius 3 is 2.14 bits per heavy atom. The predicted molar refractivity (Wildman–Crippen MR) is 86.8 cm³/mol. The zero-order valence-electron chi connectivity index (χ0n) is 13.7. The molecule has 0 aromatic heterocycles. The van der Waals surface area contributed by atoms with Crippen LogP contribution in [-0.4, -0.2) is 66.5 Å². The second-order valence-electron chi connectivity index (χ2n) is 7.00. The third kappa shape index (κ3) is 4.33. The SMILES string of the molecule is CC(C)(C)[C@H](N)C(=O)N1CCN(C(=O)C2CCCO2)CC1.Cl. The van der Waals surface area contributed by atoms with Crippen LogP contribution < -0.4 is 5.73 Å². The number of halogens is 1. The average Bonchev–Trinajstić information content (AvgIpc) is 2.98. The number of hydrogen-bond acceptors (Lipinski definition) is 4. The van der Waals surface area contributed by atoms with Gasteiger partial charge in [-0.05, 0) is 18.3 Å². The molecule has 0 aromatic carbocycles. The van der Waals surface area contributed by atoms with E-state index in [-0.39, 0.29) is 35.7 Å². The first-order chi connectivity index (χ1) is 9.80. The van der Waals surface area contributed by atoms with Gasteiger partial charge in [0.15, 0.2) is 0 Å². The topological polar surface area (TPSA) is 75.9 Å². The minimum absolute atomic E-state index is 0. The molecule has 2 heterocycles. The summed E-state index contributed by atoms with van der Waals surface area (Å²) in [7, 11) is 0. The van der Waals surface area contributed by atoms with Crippen molar-refractivity contribution in [3.63, 3.8) is 0 Å². The fourth-order valence-corrected chi connectivity index (χ4v) is 2.69. The van der Waals surface area contributed by atoms with Crippen molar-refractivity contribution < 1.29 is 14.3 Å². The molecule has 2 aliphatic rings. The number of hydrogen-bond donors (Lipinski definition) is 1. The third-order valence-electron chi connectivity index (χ3n) is 4.31. The van der Waals surface area contributed by atoms with Gasteiger partial charge in [0.1, 0.15) is 6.10 Å². The molecule has 2 atom stereocenters. The highest BCUT2D eigenvalue weighted by Crippen LogP contribution is 2.20. The quantitative estimate of drug-likeness (QED) is 0.804. The fourth-order valence-electron chi connectivity index (χ4n) is 2.69. The van der Waals surface area contributed by atoms with Crippen LogP contribution in [-0.2, 0) is 14.3 Å². The first kappa shape index (κ1) is 19.2. The minimum atomic E-state index is -0.502. The summed E-state index contributed by atoms with van der Waals surface area (Å²) in [6, 6.07) is -0.502. The Balaban J connectivity index is 0.00000242. The summed E-state index contributed by atoms with van der Waals surface area (Å²) < 4.78 is 5.43. The lowest BCUT2D eigenvalue weighted by Crippen LogP contribution is -2.57. The van der Waals surface area contributed by atoms with E-state index >= 15 is 0 Å². The average molecular weight is 334 g/mol. The number of amides is 2. The number of carbonyl (C=O) groups is 2. The Kier molecular flexibility index (Phi) is 6.65. The molecule has 2 N–H and O–H groups in total. The van der Waals surface area contributed by atoms with Gasteiger partial charge in [0.05, 0.1) is 6.04 Å². The summed E-state index contributed by atoms with van der Waals surface area (Å²) in [4.78, 5) is 28.2. The number of rotatable bonds is 2. The number of piperazine rings is 1. The fraction of sp³-hybridized carbons (Fsp3) is 0.867. The molecule has 0 aromatic rings. The summed E-state index contributed by atoms with van der Waals surface area (Å²) in [5.41, 5.74) is 5.78. The van der Waals surface area contributed by atoms with Crippen LogP contribution in [0.3, 0.4) is 0 Å². The van der Waals surface area contributed by atoms with Crippen LogP contribution in [0.15, 0.2) is 0 Å². The van der Waals surface area contributed by atoms with Gasteiger partial charge in [0.2, 0.25) is 5.91 Å². The van der Waals surface area contributed by atoms with E-state index in [1.807, 2.05) is 25.7 Å². The summed E-state index contributed by atoms with van der Waals surface area (Å²) in [5, 5.41) is 0. The molecular weight excluding hydrogens is 306 g/mol. The van der Waals surface area contributed by atoms with Crippen molar-refractivity contribution >= 4 is 24.2 Å². The molecule has 2 saturated heterocycles. The van der Waals surface area contributed by atoms with Crippen molar-refractivity contribution in [1.29, 1.82) is 0 Å². The van der Waals surface area contributed by atoms with Gasteiger partial charge in [0, 0.05) is 32.8 Å². The molecular formula is C15H28ClN3O3. The summed E-state index contributed by atoms with van der Waals surface area (Å²) in [6.07, 6.45) is 1.49. The van der Waals surface area contributed by atoms with Crippen molar-refractivity contribution in [3.8, 4) is 0 Å². The molecule has 0 saturated carbocycles. The number of carbonyl (C=O) groups excluding carboxylic acids is 2. The normalized spacial score (nSPS) is 23.9. The number of nitrogens with two attached hydrogens (primary N) is 1. The van der Waals surface area contributed by atoms with E-state index in [0.29, 0.717) is 32.8 Å². The Bertz CT molecular complexity index is 397. The highest BCUT2D eigenvalue weighted by molar-refractivity contribution is 5.85. The van der Waals surface area contributed by atoms with E-state index < -0.39 is 6.04 Å². The highest BCUT2D eigenvalue weighted by Gasteiger charge is 2.35. The molecule has 2 fully saturated rings. The van der Waals surface area contributed by atoms with Crippen molar-refractivity contribution in [2.45, 2.75) is 45.8 Å². The zero-order valence-corrected chi connectivity index (χ0v) is 14.5. The smallest absolute Gasteiger partial charge is 0.251 e. The van der Waals surface area contributed by atoms with Gasteiger partial charge < -0.3 is 20.3 Å². The van der Waals surface area contributed by atoms with Crippen LogP contribution in [0, 0.1) is 5.41 Å². The molecule has 2 rings (SSSR count). The van der Waals surface area contributed by atoms with Crippen LogP contribution in [0.4, 0.5) is 0 Å². The highest BCUT2D eigenvalue weighted by atomic mass is 35.5. The minimum Gasteiger partial charge on any atom is -0.368 e. The second-order valence-corrected chi connectivity index (χ2v) is 7.00. The lowest BCUT2D eigenvalue weighted by atomic mass is 9.86. The van der Waals surface area contributed by atoms with E-state index in [2.05, 4.69) is 0 Å². The maximum absolute atomic E-state index is 12.4. The van der Waals surface area contributed by atoms with Crippen LogP contribution in [0.5, 0.6) is 0 Å². The van der Waals surface area contributed by atoms with Gasteiger partial charge in [-0.3, -0.25) is 9.59 Å². The predicted octanol–water partition coefficient (Wildman–Crippen LogP) is 0.631. The zero-order chi connectivity index (χ0) is 15.6. The maximum atomic E-state index is 12.4. The first-order valence-corrected chi connectivity index (χ1v) is 7.75. The van der Waals surface area contributed by atoms with Gasteiger partial charge in [-0.15, -0.1) is 12.4 Å². The number of ether oxygens (including phenoxy) is 1. The maximum Gasteiger partial charge on any atom is 0.251 e. The van der Waals surface area contributed by atoms with Gasteiger partial charge in [-0.2, -0.15) is 0 Å². The monoisotopic (exact) mass is 333 g/mol. The molecule has 0 spiro atoms. The summed E-state index contributed by atoms with van der Waals surface area (Å²) in [6.45, 7) is 8.83. The van der Waals surface area contributed by atoms with Gasteiger partial charge in [0.25, 0.3) is 5.91 Å². The molecule has 128 valence electrons. The van der Waals surface area contributed by atoms with Crippen molar-refractivity contribution in [2.24, 2.45) is 11.1 Å². The van der Waals surface area contributed by atoms with Crippen LogP contribution in [0.1, 0.15) is 33.6 Å². The lowest BCUT2D eigenvalue weighted by Gasteiger charge is -2.38. The van der Waals surface area contributed by atoms with Crippen molar-refractivity contribution in [2.75, 3.05) is 32.8 Å². The molecule has 6 nitrogen and oxygen atoms in total. The van der Waals surface area contributed by atoms with E-state index in [1.165, 1.54) is 0 Å². The van der Waals surface area contributed by atoms with Gasteiger partial charge >= 0.3 is 0 Å². The molecule has 1 unspecified atom stereocenters. The Labute approximate surface area is 138 Å². The molecule has 2 amide bonds. The Hall–Kier alpha value is -0.850. The summed E-state index contributed by atoms with van der Waals surface area (Å²) >= 11 is 0. The van der Waals surface area contributed by atoms with Crippen LogP contribution in [0.25, 0.3) is 0 Å². The third-order valence-corrected chi connectivity index (χ3v) is 4.31. The number of nitrogens with zero attached hydrogens (tertiary/aromatic N) is 2. The van der Waals surface area contributed by atoms with Crippen molar-refractivity contribution in [1.82, 2.24) is 9.80 Å². The van der Waals surface area contributed by atoms with Gasteiger partial charge in [-0.1, -0.05) is 20.8 Å². The van der Waals surface area contributed by atoms with E-state index in [4.69, 9.17) is 10.5 Å². The molecule has 7 heteroatoms. The molecule has 2 aliphatic heterocycles. The second kappa shape index (κ2) is 7.62. The Morgan fingerprint density at radius 1 is 1.14 bits per heavy atom. The molecule has 0 radical (unpaired) electrons. The van der Waals surface area contributed by atoms with E-state index in [0.717, 1.165) is 12.8 Å². The Morgan fingerprint density at radius 2 is 1.68 bits per heavy atom. The standard InChI is InChI=1S/C15H27N3O3.ClH/c1-15(2,3)12(16)14(20)18-8-6-17(7-9-18)13(19)11-5-4-10-21-11;/h11-12H,4-10,16H2,1-3H3;1H/t11?,12-;/m1./s1. The van der Waals surface area contributed by atoms with E-state index in [1.54, 1.807) is 4.90 Å². The van der Waals surface area contributed by atoms with Crippen molar-refractivity contribution in [3.05, 3.63) is 0 Å². The largest absolute Gasteiger partial charge is 0.368 e. The molecule has 22 heavy (non-hydrogen) atoms. The lowest BCUT2D eigenvalue weighted by molar-refractivity contribution is -0.147. The molecule has 0 aliphatic carbocycles. The summed E-state index contributed by atoms with van der Waals surface area (Å²) in [5.74, 6) is 0.0476. The first-order valence-electron chi connectivity index (χ1n) is 7.75. The van der Waals surface area contributed by atoms with E-state index in [9.17, 15) is 9.59 Å².